The Hall–Kier alpha value is -1.23. The summed E-state index contributed by atoms with van der Waals surface area (Å²) in [6.07, 6.45) is 7.69. The molecule has 0 N–H and O–H groups in total. The van der Waals surface area contributed by atoms with E-state index < -0.39 is 5.60 Å². The highest BCUT2D eigenvalue weighted by atomic mass is 16.5. The van der Waals surface area contributed by atoms with Crippen LogP contribution in [0.15, 0.2) is 4.52 Å². The molecule has 0 atom stereocenters. The maximum atomic E-state index is 11.8. The molecule has 0 amide bonds. The molecule has 0 spiro atoms. The third-order valence-electron chi connectivity index (χ3n) is 4.32. The van der Waals surface area contributed by atoms with Crippen molar-refractivity contribution < 1.29 is 14.1 Å². The molecule has 2 aliphatic carbocycles. The summed E-state index contributed by atoms with van der Waals surface area (Å²) in [5.74, 6) is 1.55. The standard InChI is InChI=1S/C15H22N2O3/c1-2-19-15(8-4-3-5-9-15)14-16-13(20-17-14)10-12(18)11-6-7-11/h11H,2-10H2,1H3. The highest BCUT2D eigenvalue weighted by Gasteiger charge is 2.39. The predicted molar refractivity (Wildman–Crippen MR) is 72.1 cm³/mol. The number of carbonyl (C=O) groups excluding carboxylic acids is 1. The van der Waals surface area contributed by atoms with Gasteiger partial charge >= 0.3 is 0 Å². The highest BCUT2D eigenvalue weighted by molar-refractivity contribution is 5.84. The van der Waals surface area contributed by atoms with E-state index >= 15 is 0 Å². The summed E-state index contributed by atoms with van der Waals surface area (Å²) in [7, 11) is 0. The number of nitrogens with zero attached hydrogens (tertiary/aromatic N) is 2. The van der Waals surface area contributed by atoms with Crippen molar-refractivity contribution in [1.82, 2.24) is 10.1 Å². The maximum absolute atomic E-state index is 11.8. The third kappa shape index (κ3) is 2.77. The van der Waals surface area contributed by atoms with Gasteiger partial charge in [0.05, 0.1) is 6.42 Å². The molecule has 0 aliphatic heterocycles. The van der Waals surface area contributed by atoms with E-state index in [0.717, 1.165) is 38.5 Å². The van der Waals surface area contributed by atoms with Gasteiger partial charge in [0, 0.05) is 12.5 Å². The maximum Gasteiger partial charge on any atom is 0.234 e. The zero-order valence-corrected chi connectivity index (χ0v) is 12.1. The lowest BCUT2D eigenvalue weighted by atomic mass is 9.84. The second-order valence-corrected chi connectivity index (χ2v) is 5.92. The summed E-state index contributed by atoms with van der Waals surface area (Å²) in [6, 6.07) is 0. The number of ether oxygens (including phenoxy) is 1. The molecule has 5 nitrogen and oxygen atoms in total. The van der Waals surface area contributed by atoms with Gasteiger partial charge < -0.3 is 9.26 Å². The van der Waals surface area contributed by atoms with E-state index in [1.54, 1.807) is 0 Å². The molecule has 0 aromatic carbocycles. The molecule has 1 aromatic heterocycles. The first-order valence-corrected chi connectivity index (χ1v) is 7.73. The third-order valence-corrected chi connectivity index (χ3v) is 4.32. The Morgan fingerprint density at radius 3 is 2.75 bits per heavy atom. The summed E-state index contributed by atoms with van der Waals surface area (Å²) in [4.78, 5) is 16.3. The second-order valence-electron chi connectivity index (χ2n) is 5.92. The molecule has 2 aliphatic rings. The highest BCUT2D eigenvalue weighted by Crippen LogP contribution is 2.39. The zero-order chi connectivity index (χ0) is 14.0. The van der Waals surface area contributed by atoms with Crippen molar-refractivity contribution in [1.29, 1.82) is 0 Å². The number of rotatable bonds is 6. The van der Waals surface area contributed by atoms with Crippen LogP contribution >= 0.6 is 0 Å². The van der Waals surface area contributed by atoms with Crippen LogP contribution in [-0.2, 0) is 21.6 Å². The largest absolute Gasteiger partial charge is 0.367 e. The van der Waals surface area contributed by atoms with Crippen LogP contribution < -0.4 is 0 Å². The van der Waals surface area contributed by atoms with Crippen molar-refractivity contribution in [2.75, 3.05) is 6.61 Å². The average Bonchev–Trinajstić information content (AvgIpc) is 3.21. The lowest BCUT2D eigenvalue weighted by Crippen LogP contribution is -2.33. The molecule has 1 heterocycles. The molecular formula is C15H22N2O3. The quantitative estimate of drug-likeness (QED) is 0.800. The van der Waals surface area contributed by atoms with E-state index in [9.17, 15) is 4.79 Å². The van der Waals surface area contributed by atoms with Crippen molar-refractivity contribution in [2.24, 2.45) is 5.92 Å². The molecule has 3 rings (SSSR count). The first-order chi connectivity index (χ1) is 9.73. The van der Waals surface area contributed by atoms with Gasteiger partial charge in [-0.1, -0.05) is 24.4 Å². The molecule has 0 unspecified atom stereocenters. The lowest BCUT2D eigenvalue weighted by Gasteiger charge is -2.33. The predicted octanol–water partition coefficient (Wildman–Crippen LogP) is 2.79. The zero-order valence-electron chi connectivity index (χ0n) is 12.1. The van der Waals surface area contributed by atoms with Gasteiger partial charge in [-0.25, -0.2) is 0 Å². The number of hydrogen-bond acceptors (Lipinski definition) is 5. The van der Waals surface area contributed by atoms with Crippen LogP contribution in [0.2, 0.25) is 0 Å². The van der Waals surface area contributed by atoms with Crippen LogP contribution in [0.3, 0.4) is 0 Å². The molecule has 0 saturated heterocycles. The fraction of sp³-hybridized carbons (Fsp3) is 0.800. The average molecular weight is 278 g/mol. The minimum Gasteiger partial charge on any atom is -0.367 e. The fourth-order valence-electron chi connectivity index (χ4n) is 3.04. The van der Waals surface area contributed by atoms with Gasteiger partial charge in [-0.3, -0.25) is 4.79 Å². The van der Waals surface area contributed by atoms with Crippen molar-refractivity contribution in [2.45, 2.75) is 63.9 Å². The molecule has 1 aromatic rings. The number of aromatic nitrogens is 2. The first-order valence-electron chi connectivity index (χ1n) is 7.73. The number of carbonyl (C=O) groups is 1. The number of hydrogen-bond donors (Lipinski definition) is 0. The van der Waals surface area contributed by atoms with Gasteiger partial charge in [-0.2, -0.15) is 4.98 Å². The lowest BCUT2D eigenvalue weighted by molar-refractivity contribution is -0.119. The minimum atomic E-state index is -0.391. The molecule has 0 bridgehead atoms. The number of Topliss-reactive ketones (excluding diaryl/α,β-unsaturated/α-hetero) is 1. The normalized spacial score (nSPS) is 21.9. The van der Waals surface area contributed by atoms with E-state index in [2.05, 4.69) is 10.1 Å². The van der Waals surface area contributed by atoms with Crippen LogP contribution in [-0.4, -0.2) is 22.5 Å². The summed E-state index contributed by atoms with van der Waals surface area (Å²) in [5.41, 5.74) is -0.391. The Balaban J connectivity index is 1.74. The number of ketones is 1. The van der Waals surface area contributed by atoms with Crippen molar-refractivity contribution >= 4 is 5.78 Å². The Labute approximate surface area is 119 Å². The Morgan fingerprint density at radius 1 is 1.35 bits per heavy atom. The van der Waals surface area contributed by atoms with Gasteiger partial charge in [0.1, 0.15) is 11.4 Å². The molecule has 2 fully saturated rings. The van der Waals surface area contributed by atoms with Crippen molar-refractivity contribution in [3.63, 3.8) is 0 Å². The van der Waals surface area contributed by atoms with Crippen LogP contribution in [0, 0.1) is 5.92 Å². The Morgan fingerprint density at radius 2 is 2.10 bits per heavy atom. The van der Waals surface area contributed by atoms with Gasteiger partial charge in [-0.15, -0.1) is 0 Å². The topological polar surface area (TPSA) is 65.2 Å². The van der Waals surface area contributed by atoms with Crippen LogP contribution in [0.5, 0.6) is 0 Å². The van der Waals surface area contributed by atoms with E-state index in [1.165, 1.54) is 6.42 Å². The minimum absolute atomic E-state index is 0.231. The second kappa shape index (κ2) is 5.64. The fourth-order valence-corrected chi connectivity index (χ4v) is 3.04. The van der Waals surface area contributed by atoms with Crippen LogP contribution in [0.1, 0.15) is 63.6 Å². The van der Waals surface area contributed by atoms with Gasteiger partial charge in [0.15, 0.2) is 0 Å². The monoisotopic (exact) mass is 278 g/mol. The summed E-state index contributed by atoms with van der Waals surface area (Å²) in [5, 5.41) is 4.10. The molecule has 110 valence electrons. The Kier molecular flexibility index (Phi) is 3.87. The van der Waals surface area contributed by atoms with Crippen molar-refractivity contribution in [3.8, 4) is 0 Å². The summed E-state index contributed by atoms with van der Waals surface area (Å²) >= 11 is 0. The van der Waals surface area contributed by atoms with E-state index in [4.69, 9.17) is 9.26 Å². The van der Waals surface area contributed by atoms with E-state index in [0.29, 0.717) is 18.3 Å². The molecule has 0 radical (unpaired) electrons. The van der Waals surface area contributed by atoms with Gasteiger partial charge in [-0.05, 0) is 32.6 Å². The summed E-state index contributed by atoms with van der Waals surface area (Å²) in [6.45, 7) is 2.64. The first kappa shape index (κ1) is 13.7. The molecular weight excluding hydrogens is 256 g/mol. The molecule has 2 saturated carbocycles. The molecule has 20 heavy (non-hydrogen) atoms. The van der Waals surface area contributed by atoms with Crippen LogP contribution in [0.4, 0.5) is 0 Å². The summed E-state index contributed by atoms with van der Waals surface area (Å²) < 4.78 is 11.2. The Bertz CT molecular complexity index is 468. The van der Waals surface area contributed by atoms with Gasteiger partial charge in [0.2, 0.25) is 11.7 Å². The van der Waals surface area contributed by atoms with E-state index in [1.807, 2.05) is 6.92 Å². The van der Waals surface area contributed by atoms with Gasteiger partial charge in [0.25, 0.3) is 0 Å². The molecule has 5 heteroatoms. The van der Waals surface area contributed by atoms with Crippen molar-refractivity contribution in [3.05, 3.63) is 11.7 Å². The van der Waals surface area contributed by atoms with E-state index in [-0.39, 0.29) is 18.1 Å². The SMILES string of the molecule is CCOC1(c2noc(CC(=O)C3CC3)n2)CCCCC1. The van der Waals surface area contributed by atoms with Crippen LogP contribution in [0.25, 0.3) is 0 Å². The smallest absolute Gasteiger partial charge is 0.234 e.